The fourth-order valence-corrected chi connectivity index (χ4v) is 5.37. The molecule has 2 fully saturated rings. The van der Waals surface area contributed by atoms with Crippen molar-refractivity contribution < 1.29 is 14.3 Å². The monoisotopic (exact) mass is 450 g/mol. The smallest absolute Gasteiger partial charge is 0.229 e. The number of hydrogen-bond acceptors (Lipinski definition) is 6. The molecule has 0 aliphatic carbocycles. The summed E-state index contributed by atoms with van der Waals surface area (Å²) < 4.78 is 6.46. The molecule has 0 bridgehead atoms. The average Bonchev–Trinajstić information content (AvgIpc) is 3.43. The van der Waals surface area contributed by atoms with Gasteiger partial charge in [0.25, 0.3) is 0 Å². The number of carbonyl (C=O) groups excluding carboxylic acids is 2. The lowest BCUT2D eigenvalue weighted by Crippen LogP contribution is -2.36. The minimum Gasteiger partial charge on any atom is -0.378 e. The van der Waals surface area contributed by atoms with E-state index in [0.29, 0.717) is 6.54 Å². The predicted molar refractivity (Wildman–Crippen MR) is 126 cm³/mol. The number of anilines is 2. The van der Waals surface area contributed by atoms with Crippen molar-refractivity contribution >= 4 is 44.2 Å². The number of thiazole rings is 1. The van der Waals surface area contributed by atoms with Gasteiger partial charge in [-0.05, 0) is 30.7 Å². The highest BCUT2D eigenvalue weighted by Crippen LogP contribution is 2.32. The Kier molecular flexibility index (Phi) is 5.80. The Morgan fingerprint density at radius 2 is 1.97 bits per heavy atom. The van der Waals surface area contributed by atoms with Gasteiger partial charge in [-0.2, -0.15) is 0 Å². The van der Waals surface area contributed by atoms with Gasteiger partial charge in [-0.25, -0.2) is 4.98 Å². The van der Waals surface area contributed by atoms with Crippen LogP contribution < -0.4 is 10.2 Å². The lowest BCUT2D eigenvalue weighted by Gasteiger charge is -2.25. The molecule has 1 aromatic heterocycles. The van der Waals surface area contributed by atoms with E-state index in [2.05, 4.69) is 10.2 Å². The molecule has 8 heteroatoms. The molecule has 2 amide bonds. The third-order valence-corrected chi connectivity index (χ3v) is 7.28. The first-order valence-electron chi connectivity index (χ1n) is 11.0. The molecule has 0 saturated carbocycles. The van der Waals surface area contributed by atoms with Crippen molar-refractivity contribution in [3.05, 3.63) is 54.1 Å². The van der Waals surface area contributed by atoms with Gasteiger partial charge in [0.15, 0.2) is 5.13 Å². The van der Waals surface area contributed by atoms with Crippen molar-refractivity contribution in [2.24, 2.45) is 5.92 Å². The fourth-order valence-electron chi connectivity index (χ4n) is 4.32. The third-order valence-electron chi connectivity index (χ3n) is 6.21. The molecule has 2 saturated heterocycles. The minimum absolute atomic E-state index is 0.0227. The van der Waals surface area contributed by atoms with Crippen LogP contribution >= 0.6 is 11.3 Å². The van der Waals surface area contributed by atoms with E-state index in [1.165, 1.54) is 0 Å². The Morgan fingerprint density at radius 3 is 2.75 bits per heavy atom. The maximum atomic E-state index is 12.9. The van der Waals surface area contributed by atoms with E-state index < -0.39 is 0 Å². The van der Waals surface area contributed by atoms with Crippen LogP contribution in [0.3, 0.4) is 0 Å². The number of aromatic nitrogens is 1. The maximum Gasteiger partial charge on any atom is 0.229 e. The largest absolute Gasteiger partial charge is 0.378 e. The zero-order valence-electron chi connectivity index (χ0n) is 18.0. The summed E-state index contributed by atoms with van der Waals surface area (Å²) in [6, 6.07) is 15.7. The van der Waals surface area contributed by atoms with Crippen LogP contribution in [-0.4, -0.2) is 54.5 Å². The average molecular weight is 451 g/mol. The molecule has 32 heavy (non-hydrogen) atoms. The number of amides is 2. The summed E-state index contributed by atoms with van der Waals surface area (Å²) in [5, 5.41) is 4.00. The van der Waals surface area contributed by atoms with E-state index in [4.69, 9.17) is 9.72 Å². The van der Waals surface area contributed by atoms with E-state index in [-0.39, 0.29) is 30.2 Å². The Labute approximate surface area is 191 Å². The molecular weight excluding hydrogens is 424 g/mol. The van der Waals surface area contributed by atoms with Crippen LogP contribution in [0.1, 0.15) is 24.9 Å². The molecular formula is C24H26N4O3S. The summed E-state index contributed by atoms with van der Waals surface area (Å²) >= 11 is 1.63. The van der Waals surface area contributed by atoms with Crippen LogP contribution in [-0.2, 0) is 14.3 Å². The van der Waals surface area contributed by atoms with Crippen LogP contribution in [0, 0.1) is 5.92 Å². The Morgan fingerprint density at radius 1 is 1.19 bits per heavy atom. The summed E-state index contributed by atoms with van der Waals surface area (Å²) in [6.07, 6.45) is 0.243. The minimum atomic E-state index is -0.352. The first-order chi connectivity index (χ1) is 15.6. The van der Waals surface area contributed by atoms with Crippen LogP contribution in [0.15, 0.2) is 48.5 Å². The molecule has 2 aliphatic rings. The van der Waals surface area contributed by atoms with Crippen LogP contribution in [0.5, 0.6) is 0 Å². The summed E-state index contributed by atoms with van der Waals surface area (Å²) in [4.78, 5) is 34.3. The lowest BCUT2D eigenvalue weighted by molar-refractivity contribution is -0.129. The first-order valence-corrected chi connectivity index (χ1v) is 11.8. The predicted octanol–water partition coefficient (Wildman–Crippen LogP) is 3.68. The second-order valence-electron chi connectivity index (χ2n) is 8.30. The molecule has 7 nitrogen and oxygen atoms in total. The molecule has 2 aliphatic heterocycles. The number of ether oxygens (including phenoxy) is 1. The Bertz CT molecular complexity index is 1130. The molecule has 2 aromatic carbocycles. The highest BCUT2D eigenvalue weighted by atomic mass is 32.1. The molecule has 3 heterocycles. The molecule has 0 radical (unpaired) electrons. The molecule has 0 unspecified atom stereocenters. The van der Waals surface area contributed by atoms with Crippen molar-refractivity contribution in [3.8, 4) is 0 Å². The van der Waals surface area contributed by atoms with Gasteiger partial charge in [0.2, 0.25) is 11.8 Å². The fraction of sp³-hybridized carbons (Fsp3) is 0.375. The molecule has 2 atom stereocenters. The number of fused-ring (bicyclic) bond motifs is 1. The van der Waals surface area contributed by atoms with Gasteiger partial charge in [-0.3, -0.25) is 9.59 Å². The second-order valence-corrected chi connectivity index (χ2v) is 9.31. The SMILES string of the molecule is C[C@H](c1ccccc1)N1C[C@@H](C(=O)Nc2ccc3nc(N4CCOCC4)sc3c2)CC1=O. The summed E-state index contributed by atoms with van der Waals surface area (Å²) in [5.74, 6) is -0.442. The van der Waals surface area contributed by atoms with Crippen LogP contribution in [0.2, 0.25) is 0 Å². The third kappa shape index (κ3) is 4.20. The molecule has 3 aromatic rings. The van der Waals surface area contributed by atoms with Crippen molar-refractivity contribution in [2.75, 3.05) is 43.1 Å². The van der Waals surface area contributed by atoms with Crippen LogP contribution in [0.4, 0.5) is 10.8 Å². The highest BCUT2D eigenvalue weighted by molar-refractivity contribution is 7.22. The standard InChI is InChI=1S/C24H26N4O3S/c1-16(17-5-3-2-4-6-17)28-15-18(13-22(28)29)23(30)25-19-7-8-20-21(14-19)32-24(26-20)27-9-11-31-12-10-27/h2-8,14,16,18H,9-13,15H2,1H3,(H,25,30)/t16-,18+/m1/s1. The van der Waals surface area contributed by atoms with E-state index in [9.17, 15) is 9.59 Å². The van der Waals surface area contributed by atoms with Crippen molar-refractivity contribution in [1.82, 2.24) is 9.88 Å². The quantitative estimate of drug-likeness (QED) is 0.642. The van der Waals surface area contributed by atoms with Gasteiger partial charge < -0.3 is 19.9 Å². The van der Waals surface area contributed by atoms with E-state index in [1.54, 1.807) is 16.2 Å². The molecule has 0 spiro atoms. The van der Waals surface area contributed by atoms with Crippen molar-refractivity contribution in [3.63, 3.8) is 0 Å². The number of rotatable bonds is 5. The second kappa shape index (κ2) is 8.88. The zero-order chi connectivity index (χ0) is 22.1. The number of benzene rings is 2. The Hall–Kier alpha value is -2.97. The van der Waals surface area contributed by atoms with Gasteiger partial charge in [-0.1, -0.05) is 41.7 Å². The van der Waals surface area contributed by atoms with Gasteiger partial charge in [0.05, 0.1) is 35.4 Å². The number of nitrogens with one attached hydrogen (secondary N) is 1. The number of hydrogen-bond donors (Lipinski definition) is 1. The van der Waals surface area contributed by atoms with Gasteiger partial charge in [-0.15, -0.1) is 0 Å². The van der Waals surface area contributed by atoms with Crippen molar-refractivity contribution in [2.45, 2.75) is 19.4 Å². The topological polar surface area (TPSA) is 74.8 Å². The van der Waals surface area contributed by atoms with Crippen molar-refractivity contribution in [1.29, 1.82) is 0 Å². The van der Waals surface area contributed by atoms with E-state index >= 15 is 0 Å². The lowest BCUT2D eigenvalue weighted by atomic mass is 10.1. The number of morpholine rings is 1. The first kappa shape index (κ1) is 20.9. The Balaban J connectivity index is 1.26. The van der Waals surface area contributed by atoms with Crippen LogP contribution in [0.25, 0.3) is 10.2 Å². The summed E-state index contributed by atoms with van der Waals surface area (Å²) in [7, 11) is 0. The molecule has 1 N–H and O–H groups in total. The summed E-state index contributed by atoms with van der Waals surface area (Å²) in [5.41, 5.74) is 2.74. The maximum absolute atomic E-state index is 12.9. The zero-order valence-corrected chi connectivity index (χ0v) is 18.8. The van der Waals surface area contributed by atoms with E-state index in [1.807, 2.05) is 55.5 Å². The summed E-state index contributed by atoms with van der Waals surface area (Å²) in [6.45, 7) is 5.57. The van der Waals surface area contributed by atoms with E-state index in [0.717, 1.165) is 52.9 Å². The number of nitrogens with zero attached hydrogens (tertiary/aromatic N) is 3. The van der Waals surface area contributed by atoms with Gasteiger partial charge in [0.1, 0.15) is 0 Å². The molecule has 5 rings (SSSR count). The normalized spacial score (nSPS) is 20.0. The van der Waals surface area contributed by atoms with Gasteiger partial charge >= 0.3 is 0 Å². The number of carbonyl (C=O) groups is 2. The number of likely N-dealkylation sites (tertiary alicyclic amines) is 1. The highest BCUT2D eigenvalue weighted by Gasteiger charge is 2.37. The van der Waals surface area contributed by atoms with Gasteiger partial charge in [0, 0.05) is 31.7 Å². The molecule has 166 valence electrons.